The fraction of sp³-hybridized carbons (Fsp3) is 0.385. The predicted molar refractivity (Wildman–Crippen MR) is 79.7 cm³/mol. The van der Waals surface area contributed by atoms with Gasteiger partial charge in [-0.05, 0) is 32.0 Å². The third-order valence-electron chi connectivity index (χ3n) is 2.75. The number of rotatable bonds is 4. The molecule has 102 valence electrons. The average molecular weight is 325 g/mol. The van der Waals surface area contributed by atoms with Crippen molar-refractivity contribution in [3.8, 4) is 0 Å². The molecule has 3 N–H and O–H groups in total. The number of carbonyl (C=O) groups is 1. The van der Waals surface area contributed by atoms with E-state index in [0.29, 0.717) is 18.9 Å². The molecule has 0 atom stereocenters. The van der Waals surface area contributed by atoms with Gasteiger partial charge in [0.2, 0.25) is 11.9 Å². The van der Waals surface area contributed by atoms with Gasteiger partial charge >= 0.3 is 0 Å². The van der Waals surface area contributed by atoms with E-state index in [1.165, 1.54) is 0 Å². The maximum atomic E-state index is 11.7. The van der Waals surface area contributed by atoms with Gasteiger partial charge in [-0.15, -0.1) is 0 Å². The SMILES string of the molecule is CC(C)NC(=O)CCn1c(N)nc2cc(Br)ccc21. The first-order chi connectivity index (χ1) is 8.97. The number of hydrogen-bond donors (Lipinski definition) is 2. The minimum atomic E-state index is 0.0216. The zero-order chi connectivity index (χ0) is 14.0. The van der Waals surface area contributed by atoms with Crippen LogP contribution in [0.4, 0.5) is 5.95 Å². The minimum Gasteiger partial charge on any atom is -0.369 e. The highest BCUT2D eigenvalue weighted by molar-refractivity contribution is 9.10. The summed E-state index contributed by atoms with van der Waals surface area (Å²) < 4.78 is 2.82. The summed E-state index contributed by atoms with van der Waals surface area (Å²) in [5.74, 6) is 0.457. The number of imidazole rings is 1. The van der Waals surface area contributed by atoms with Crippen LogP contribution >= 0.6 is 15.9 Å². The number of aryl methyl sites for hydroxylation is 1. The highest BCUT2D eigenvalue weighted by atomic mass is 79.9. The molecule has 5 nitrogen and oxygen atoms in total. The maximum Gasteiger partial charge on any atom is 0.221 e. The van der Waals surface area contributed by atoms with E-state index in [-0.39, 0.29) is 11.9 Å². The lowest BCUT2D eigenvalue weighted by atomic mass is 10.3. The van der Waals surface area contributed by atoms with E-state index in [1.807, 2.05) is 36.6 Å². The zero-order valence-electron chi connectivity index (χ0n) is 11.0. The zero-order valence-corrected chi connectivity index (χ0v) is 12.6. The predicted octanol–water partition coefficient (Wildman–Crippen LogP) is 2.30. The van der Waals surface area contributed by atoms with Crippen molar-refractivity contribution in [2.75, 3.05) is 5.73 Å². The first-order valence-electron chi connectivity index (χ1n) is 6.18. The van der Waals surface area contributed by atoms with Crippen molar-refractivity contribution in [3.63, 3.8) is 0 Å². The average Bonchev–Trinajstić information content (AvgIpc) is 2.60. The molecular formula is C13H17BrN4O. The van der Waals surface area contributed by atoms with Crippen LogP contribution in [0.3, 0.4) is 0 Å². The molecule has 1 amide bonds. The Hall–Kier alpha value is -1.56. The van der Waals surface area contributed by atoms with Crippen LogP contribution in [0.15, 0.2) is 22.7 Å². The van der Waals surface area contributed by atoms with Crippen LogP contribution in [-0.2, 0) is 11.3 Å². The minimum absolute atomic E-state index is 0.0216. The van der Waals surface area contributed by atoms with E-state index < -0.39 is 0 Å². The summed E-state index contributed by atoms with van der Waals surface area (Å²) >= 11 is 3.40. The highest BCUT2D eigenvalue weighted by Gasteiger charge is 2.10. The molecule has 0 saturated carbocycles. The van der Waals surface area contributed by atoms with Gasteiger partial charge in [0.15, 0.2) is 0 Å². The number of nitrogens with two attached hydrogens (primary N) is 1. The molecule has 2 aromatic rings. The number of anilines is 1. The summed E-state index contributed by atoms with van der Waals surface area (Å²) in [6.45, 7) is 4.41. The van der Waals surface area contributed by atoms with Crippen LogP contribution in [0.2, 0.25) is 0 Å². The number of hydrogen-bond acceptors (Lipinski definition) is 3. The van der Waals surface area contributed by atoms with E-state index >= 15 is 0 Å². The van der Waals surface area contributed by atoms with Gasteiger partial charge in [0.25, 0.3) is 0 Å². The second-order valence-electron chi connectivity index (χ2n) is 4.73. The summed E-state index contributed by atoms with van der Waals surface area (Å²) in [6.07, 6.45) is 0.393. The fourth-order valence-corrected chi connectivity index (χ4v) is 2.31. The molecule has 0 fully saturated rings. The van der Waals surface area contributed by atoms with Gasteiger partial charge in [0.1, 0.15) is 0 Å². The summed E-state index contributed by atoms with van der Waals surface area (Å²) in [7, 11) is 0. The molecule has 2 rings (SSSR count). The lowest BCUT2D eigenvalue weighted by Gasteiger charge is -2.09. The van der Waals surface area contributed by atoms with Crippen molar-refractivity contribution in [1.82, 2.24) is 14.9 Å². The third kappa shape index (κ3) is 3.26. The molecule has 6 heteroatoms. The summed E-state index contributed by atoms with van der Waals surface area (Å²) in [6, 6.07) is 5.95. The lowest BCUT2D eigenvalue weighted by Crippen LogP contribution is -2.30. The van der Waals surface area contributed by atoms with Crippen LogP contribution in [0.5, 0.6) is 0 Å². The summed E-state index contributed by atoms with van der Waals surface area (Å²) in [5, 5.41) is 2.86. The molecule has 0 aliphatic heterocycles. The number of nitrogens with zero attached hydrogens (tertiary/aromatic N) is 2. The van der Waals surface area contributed by atoms with E-state index in [4.69, 9.17) is 5.73 Å². The fourth-order valence-electron chi connectivity index (χ4n) is 1.96. The Morgan fingerprint density at radius 2 is 2.26 bits per heavy atom. The van der Waals surface area contributed by atoms with Gasteiger partial charge in [-0.25, -0.2) is 4.98 Å². The van der Waals surface area contributed by atoms with E-state index in [0.717, 1.165) is 15.5 Å². The molecule has 1 heterocycles. The quantitative estimate of drug-likeness (QED) is 0.906. The number of aromatic nitrogens is 2. The first kappa shape index (κ1) is 13.9. The Bertz CT molecular complexity index is 606. The molecule has 0 saturated heterocycles. The molecule has 1 aromatic carbocycles. The van der Waals surface area contributed by atoms with Gasteiger partial charge in [-0.2, -0.15) is 0 Å². The van der Waals surface area contributed by atoms with Crippen LogP contribution in [0.25, 0.3) is 11.0 Å². The van der Waals surface area contributed by atoms with E-state index in [2.05, 4.69) is 26.2 Å². The molecule has 0 bridgehead atoms. The molecule has 0 spiro atoms. The number of halogens is 1. The largest absolute Gasteiger partial charge is 0.369 e. The van der Waals surface area contributed by atoms with Crippen molar-refractivity contribution in [2.45, 2.75) is 32.9 Å². The van der Waals surface area contributed by atoms with Gasteiger partial charge in [0, 0.05) is 23.5 Å². The van der Waals surface area contributed by atoms with Crippen molar-refractivity contribution in [1.29, 1.82) is 0 Å². The number of benzene rings is 1. The van der Waals surface area contributed by atoms with Crippen LogP contribution < -0.4 is 11.1 Å². The Balaban J connectivity index is 2.16. The van der Waals surface area contributed by atoms with Gasteiger partial charge in [0.05, 0.1) is 11.0 Å². The standard InChI is InChI=1S/C13H17BrN4O/c1-8(2)16-12(19)5-6-18-11-4-3-9(14)7-10(11)17-13(18)15/h3-4,7-8H,5-6H2,1-2H3,(H2,15,17)(H,16,19). The van der Waals surface area contributed by atoms with Crippen LogP contribution in [-0.4, -0.2) is 21.5 Å². The Labute approximate surface area is 120 Å². The highest BCUT2D eigenvalue weighted by Crippen LogP contribution is 2.22. The van der Waals surface area contributed by atoms with Gasteiger partial charge < -0.3 is 15.6 Å². The number of amides is 1. The van der Waals surface area contributed by atoms with Gasteiger partial charge in [-0.3, -0.25) is 4.79 Å². The number of nitrogen functional groups attached to an aromatic ring is 1. The second-order valence-corrected chi connectivity index (χ2v) is 5.64. The maximum absolute atomic E-state index is 11.7. The van der Waals surface area contributed by atoms with Crippen molar-refractivity contribution < 1.29 is 4.79 Å². The van der Waals surface area contributed by atoms with Crippen LogP contribution in [0.1, 0.15) is 20.3 Å². The molecule has 0 aliphatic carbocycles. The Morgan fingerprint density at radius 3 is 2.95 bits per heavy atom. The molecule has 0 radical (unpaired) electrons. The molecule has 19 heavy (non-hydrogen) atoms. The van der Waals surface area contributed by atoms with Crippen molar-refractivity contribution in [3.05, 3.63) is 22.7 Å². The molecular weight excluding hydrogens is 308 g/mol. The molecule has 1 aromatic heterocycles. The topological polar surface area (TPSA) is 72.9 Å². The smallest absolute Gasteiger partial charge is 0.221 e. The monoisotopic (exact) mass is 324 g/mol. The van der Waals surface area contributed by atoms with Gasteiger partial charge in [-0.1, -0.05) is 15.9 Å². The number of nitrogens with one attached hydrogen (secondary N) is 1. The van der Waals surface area contributed by atoms with E-state index in [1.54, 1.807) is 0 Å². The lowest BCUT2D eigenvalue weighted by molar-refractivity contribution is -0.121. The first-order valence-corrected chi connectivity index (χ1v) is 6.97. The van der Waals surface area contributed by atoms with Crippen LogP contribution in [0, 0.1) is 0 Å². The van der Waals surface area contributed by atoms with Crippen molar-refractivity contribution >= 4 is 38.8 Å². The number of fused-ring (bicyclic) bond motifs is 1. The molecule has 0 aliphatic rings. The normalized spacial score (nSPS) is 11.2. The second kappa shape index (κ2) is 5.61. The third-order valence-corrected chi connectivity index (χ3v) is 3.25. The number of carbonyl (C=O) groups excluding carboxylic acids is 1. The Morgan fingerprint density at radius 1 is 1.53 bits per heavy atom. The summed E-state index contributed by atoms with van der Waals surface area (Å²) in [4.78, 5) is 15.9. The molecule has 0 unspecified atom stereocenters. The summed E-state index contributed by atoms with van der Waals surface area (Å²) in [5.41, 5.74) is 7.67. The van der Waals surface area contributed by atoms with E-state index in [9.17, 15) is 4.79 Å². The Kier molecular flexibility index (Phi) is 4.09. The van der Waals surface area contributed by atoms with Crippen molar-refractivity contribution in [2.24, 2.45) is 0 Å².